The highest BCUT2D eigenvalue weighted by Gasteiger charge is 2.34. The molecule has 26 heavy (non-hydrogen) atoms. The SMILES string of the molecule is Cc1cc(N2CCCC2)ccc1/C=C1\SC(=S)N(C[C@H]2CCCO2)C1=O. The van der Waals surface area contributed by atoms with Crippen molar-refractivity contribution in [1.82, 2.24) is 4.90 Å². The average Bonchev–Trinajstić information content (AvgIpc) is 3.37. The van der Waals surface area contributed by atoms with Crippen molar-refractivity contribution in [2.24, 2.45) is 0 Å². The molecule has 3 heterocycles. The first-order valence-electron chi connectivity index (χ1n) is 9.34. The Morgan fingerprint density at radius 3 is 2.81 bits per heavy atom. The number of amides is 1. The van der Waals surface area contributed by atoms with E-state index in [0.29, 0.717) is 15.8 Å². The average molecular weight is 389 g/mol. The van der Waals surface area contributed by atoms with Gasteiger partial charge in [-0.2, -0.15) is 0 Å². The smallest absolute Gasteiger partial charge is 0.266 e. The molecule has 4 nitrogen and oxygen atoms in total. The molecule has 0 bridgehead atoms. The van der Waals surface area contributed by atoms with Gasteiger partial charge in [-0.25, -0.2) is 0 Å². The standard InChI is InChI=1S/C20H24N2O2S2/c1-14-11-16(21-8-2-3-9-21)7-6-15(14)12-18-19(23)22(20(25)26-18)13-17-5-4-10-24-17/h6-7,11-12,17H,2-5,8-10,13H2,1H3/b18-12-/t17-/m1/s1. The number of ether oxygens (including phenoxy) is 1. The molecule has 1 amide bonds. The molecule has 0 spiro atoms. The van der Waals surface area contributed by atoms with Gasteiger partial charge < -0.3 is 9.64 Å². The number of hydrogen-bond donors (Lipinski definition) is 0. The summed E-state index contributed by atoms with van der Waals surface area (Å²) >= 11 is 6.84. The molecule has 0 saturated carbocycles. The van der Waals surface area contributed by atoms with Crippen LogP contribution < -0.4 is 4.90 Å². The number of anilines is 1. The van der Waals surface area contributed by atoms with E-state index in [0.717, 1.165) is 38.1 Å². The summed E-state index contributed by atoms with van der Waals surface area (Å²) in [6.07, 6.45) is 6.73. The largest absolute Gasteiger partial charge is 0.376 e. The number of thiocarbonyl (C=S) groups is 1. The summed E-state index contributed by atoms with van der Waals surface area (Å²) in [6.45, 7) is 5.76. The molecule has 3 saturated heterocycles. The Balaban J connectivity index is 1.50. The van der Waals surface area contributed by atoms with Crippen LogP contribution in [0, 0.1) is 6.92 Å². The number of rotatable bonds is 4. The van der Waals surface area contributed by atoms with Gasteiger partial charge in [-0.15, -0.1) is 0 Å². The van der Waals surface area contributed by atoms with Crippen molar-refractivity contribution < 1.29 is 9.53 Å². The Labute approximate surface area is 164 Å². The minimum Gasteiger partial charge on any atom is -0.376 e. The van der Waals surface area contributed by atoms with E-state index < -0.39 is 0 Å². The summed E-state index contributed by atoms with van der Waals surface area (Å²) in [4.78, 5) is 17.6. The van der Waals surface area contributed by atoms with Crippen LogP contribution in [0.25, 0.3) is 6.08 Å². The van der Waals surface area contributed by atoms with E-state index in [4.69, 9.17) is 17.0 Å². The molecule has 0 unspecified atom stereocenters. The third-order valence-corrected chi connectivity index (χ3v) is 6.67. The minimum atomic E-state index is 0.0125. The van der Waals surface area contributed by atoms with Crippen LogP contribution in [0.3, 0.4) is 0 Å². The summed E-state index contributed by atoms with van der Waals surface area (Å²) in [5.41, 5.74) is 3.56. The molecule has 0 aromatic heterocycles. The van der Waals surface area contributed by atoms with Crippen molar-refractivity contribution in [1.29, 1.82) is 0 Å². The molecule has 3 aliphatic rings. The predicted octanol–water partition coefficient (Wildman–Crippen LogP) is 3.98. The van der Waals surface area contributed by atoms with Gasteiger partial charge in [0.25, 0.3) is 5.91 Å². The fourth-order valence-corrected chi connectivity index (χ4v) is 5.05. The first-order valence-corrected chi connectivity index (χ1v) is 10.6. The van der Waals surface area contributed by atoms with Crippen molar-refractivity contribution in [3.05, 3.63) is 34.2 Å². The topological polar surface area (TPSA) is 32.8 Å². The lowest BCUT2D eigenvalue weighted by Crippen LogP contribution is -2.35. The fraction of sp³-hybridized carbons (Fsp3) is 0.500. The maximum absolute atomic E-state index is 12.8. The lowest BCUT2D eigenvalue weighted by molar-refractivity contribution is -0.123. The van der Waals surface area contributed by atoms with Crippen molar-refractivity contribution in [2.75, 3.05) is 31.1 Å². The molecular weight excluding hydrogens is 364 g/mol. The lowest BCUT2D eigenvalue weighted by Gasteiger charge is -2.19. The zero-order valence-corrected chi connectivity index (χ0v) is 16.7. The van der Waals surface area contributed by atoms with E-state index >= 15 is 0 Å². The predicted molar refractivity (Wildman–Crippen MR) is 111 cm³/mol. The number of nitrogens with zero attached hydrogens (tertiary/aromatic N) is 2. The highest BCUT2D eigenvalue weighted by atomic mass is 32.2. The Bertz CT molecular complexity index is 750. The van der Waals surface area contributed by atoms with E-state index in [9.17, 15) is 4.79 Å². The Morgan fingerprint density at radius 2 is 2.12 bits per heavy atom. The summed E-state index contributed by atoms with van der Waals surface area (Å²) < 4.78 is 6.30. The molecule has 0 radical (unpaired) electrons. The van der Waals surface area contributed by atoms with Gasteiger partial charge >= 0.3 is 0 Å². The third-order valence-electron chi connectivity index (χ3n) is 5.29. The fourth-order valence-electron chi connectivity index (χ4n) is 3.78. The van der Waals surface area contributed by atoms with Gasteiger partial charge in [0.15, 0.2) is 0 Å². The van der Waals surface area contributed by atoms with Gasteiger partial charge in [0.2, 0.25) is 0 Å². The first-order chi connectivity index (χ1) is 12.6. The third kappa shape index (κ3) is 3.68. The number of carbonyl (C=O) groups is 1. The quantitative estimate of drug-likeness (QED) is 0.576. The van der Waals surface area contributed by atoms with Gasteiger partial charge in [0.05, 0.1) is 17.6 Å². The van der Waals surface area contributed by atoms with Gasteiger partial charge in [0, 0.05) is 25.4 Å². The second-order valence-corrected chi connectivity index (χ2v) is 8.84. The van der Waals surface area contributed by atoms with Crippen LogP contribution in [0.2, 0.25) is 0 Å². The van der Waals surface area contributed by atoms with Crippen molar-refractivity contribution in [2.45, 2.75) is 38.7 Å². The number of carbonyl (C=O) groups excluding carboxylic acids is 1. The van der Waals surface area contributed by atoms with Crippen molar-refractivity contribution >= 4 is 46.0 Å². The van der Waals surface area contributed by atoms with Crippen LogP contribution in [-0.2, 0) is 9.53 Å². The van der Waals surface area contributed by atoms with Crippen LogP contribution in [0.5, 0.6) is 0 Å². The van der Waals surface area contributed by atoms with Gasteiger partial charge in [-0.1, -0.05) is 30.0 Å². The summed E-state index contributed by atoms with van der Waals surface area (Å²) in [6, 6.07) is 6.51. The van der Waals surface area contributed by atoms with E-state index in [1.807, 2.05) is 6.08 Å². The molecule has 138 valence electrons. The van der Waals surface area contributed by atoms with Crippen LogP contribution in [0.15, 0.2) is 23.1 Å². The Morgan fingerprint density at radius 1 is 1.31 bits per heavy atom. The monoisotopic (exact) mass is 388 g/mol. The van der Waals surface area contributed by atoms with E-state index in [2.05, 4.69) is 30.0 Å². The molecular formula is C20H24N2O2S2. The highest BCUT2D eigenvalue weighted by molar-refractivity contribution is 8.26. The van der Waals surface area contributed by atoms with E-state index in [1.54, 1.807) is 4.90 Å². The molecule has 6 heteroatoms. The maximum Gasteiger partial charge on any atom is 0.266 e. The molecule has 3 fully saturated rings. The molecule has 3 aliphatic heterocycles. The molecule has 1 aromatic rings. The maximum atomic E-state index is 12.8. The Hall–Kier alpha value is -1.37. The summed E-state index contributed by atoms with van der Waals surface area (Å²) in [5, 5.41) is 0. The van der Waals surface area contributed by atoms with Crippen LogP contribution in [-0.4, -0.2) is 47.5 Å². The van der Waals surface area contributed by atoms with Crippen molar-refractivity contribution in [3.63, 3.8) is 0 Å². The highest BCUT2D eigenvalue weighted by Crippen LogP contribution is 2.34. The summed E-state index contributed by atoms with van der Waals surface area (Å²) in [7, 11) is 0. The zero-order chi connectivity index (χ0) is 18.1. The number of thioether (sulfide) groups is 1. The number of benzene rings is 1. The number of hydrogen-bond acceptors (Lipinski definition) is 5. The van der Waals surface area contributed by atoms with Crippen LogP contribution >= 0.6 is 24.0 Å². The second-order valence-electron chi connectivity index (χ2n) is 7.16. The van der Waals surface area contributed by atoms with Crippen LogP contribution in [0.1, 0.15) is 36.8 Å². The molecule has 1 atom stereocenters. The van der Waals surface area contributed by atoms with E-state index in [1.165, 1.54) is 35.9 Å². The van der Waals surface area contributed by atoms with Crippen LogP contribution in [0.4, 0.5) is 5.69 Å². The molecule has 1 aromatic carbocycles. The Kier molecular flexibility index (Phi) is 5.34. The van der Waals surface area contributed by atoms with Crippen molar-refractivity contribution in [3.8, 4) is 0 Å². The number of aryl methyl sites for hydroxylation is 1. The second kappa shape index (κ2) is 7.71. The van der Waals surface area contributed by atoms with Gasteiger partial charge in [-0.05, 0) is 61.9 Å². The van der Waals surface area contributed by atoms with E-state index in [-0.39, 0.29) is 12.0 Å². The molecule has 4 rings (SSSR count). The van der Waals surface area contributed by atoms with Gasteiger partial charge in [0.1, 0.15) is 4.32 Å². The zero-order valence-electron chi connectivity index (χ0n) is 15.1. The molecule has 0 aliphatic carbocycles. The normalized spacial score (nSPS) is 25.1. The minimum absolute atomic E-state index is 0.0125. The molecule has 0 N–H and O–H groups in total. The lowest BCUT2D eigenvalue weighted by atomic mass is 10.1. The van der Waals surface area contributed by atoms with Gasteiger partial charge in [-0.3, -0.25) is 9.69 Å². The first kappa shape index (κ1) is 18.0. The summed E-state index contributed by atoms with van der Waals surface area (Å²) in [5.74, 6) is 0.0125.